The predicted molar refractivity (Wildman–Crippen MR) is 119 cm³/mol. The van der Waals surface area contributed by atoms with Crippen LogP contribution >= 0.6 is 0 Å². The van der Waals surface area contributed by atoms with Gasteiger partial charge in [-0.2, -0.15) is 0 Å². The lowest BCUT2D eigenvalue weighted by atomic mass is 10.1. The fourth-order valence-corrected chi connectivity index (χ4v) is 3.07. The Balaban J connectivity index is 1.93. The van der Waals surface area contributed by atoms with Crippen LogP contribution in [0.4, 0.5) is 5.69 Å². The van der Waals surface area contributed by atoms with Gasteiger partial charge in [0.05, 0.1) is 14.2 Å². The summed E-state index contributed by atoms with van der Waals surface area (Å²) in [6, 6.07) is 22.6. The highest BCUT2D eigenvalue weighted by molar-refractivity contribution is 6.07. The third-order valence-corrected chi connectivity index (χ3v) is 4.56. The molecule has 0 heterocycles. The molecule has 0 saturated heterocycles. The van der Waals surface area contributed by atoms with E-state index in [4.69, 9.17) is 14.2 Å². The lowest BCUT2D eigenvalue weighted by Crippen LogP contribution is -2.31. The molecule has 5 heteroatoms. The van der Waals surface area contributed by atoms with Crippen molar-refractivity contribution >= 4 is 11.6 Å². The molecule has 0 bridgehead atoms. The molecule has 0 fully saturated rings. The molecule has 154 valence electrons. The van der Waals surface area contributed by atoms with Gasteiger partial charge in [0.1, 0.15) is 6.61 Å². The maximum absolute atomic E-state index is 13.3. The molecule has 30 heavy (non-hydrogen) atoms. The van der Waals surface area contributed by atoms with E-state index < -0.39 is 0 Å². The molecule has 0 radical (unpaired) electrons. The summed E-state index contributed by atoms with van der Waals surface area (Å²) in [6.07, 6.45) is 1.69. The van der Waals surface area contributed by atoms with Crippen molar-refractivity contribution in [3.8, 4) is 17.2 Å². The fraction of sp³-hybridized carbons (Fsp3) is 0.160. The Kier molecular flexibility index (Phi) is 7.11. The van der Waals surface area contributed by atoms with Gasteiger partial charge in [-0.25, -0.2) is 0 Å². The van der Waals surface area contributed by atoms with E-state index in [0.29, 0.717) is 36.0 Å². The topological polar surface area (TPSA) is 48.0 Å². The highest BCUT2D eigenvalue weighted by Crippen LogP contribution is 2.39. The van der Waals surface area contributed by atoms with E-state index in [1.165, 1.54) is 14.2 Å². The number of amides is 1. The maximum atomic E-state index is 13.3. The summed E-state index contributed by atoms with van der Waals surface area (Å²) < 4.78 is 17.0. The van der Waals surface area contributed by atoms with Crippen LogP contribution < -0.4 is 19.1 Å². The molecule has 0 unspecified atom stereocenters. The molecule has 0 aliphatic rings. The first-order valence-corrected chi connectivity index (χ1v) is 9.58. The summed E-state index contributed by atoms with van der Waals surface area (Å²) in [5, 5.41) is 0. The maximum Gasteiger partial charge on any atom is 0.258 e. The van der Waals surface area contributed by atoms with E-state index in [9.17, 15) is 4.79 Å². The second-order valence-corrected chi connectivity index (χ2v) is 6.52. The van der Waals surface area contributed by atoms with Gasteiger partial charge in [-0.1, -0.05) is 54.6 Å². The summed E-state index contributed by atoms with van der Waals surface area (Å²) in [4.78, 5) is 14.9. The number of benzene rings is 3. The van der Waals surface area contributed by atoms with Crippen molar-refractivity contribution in [1.82, 2.24) is 0 Å². The summed E-state index contributed by atoms with van der Waals surface area (Å²) in [5.41, 5.74) is 2.23. The number of ether oxygens (including phenoxy) is 3. The minimum Gasteiger partial charge on any atom is -0.493 e. The van der Waals surface area contributed by atoms with E-state index in [1.807, 2.05) is 60.7 Å². The molecule has 3 aromatic carbocycles. The Morgan fingerprint density at radius 3 is 2.03 bits per heavy atom. The molecular formula is C25H25NO4. The van der Waals surface area contributed by atoms with Crippen molar-refractivity contribution in [2.75, 3.05) is 25.7 Å². The van der Waals surface area contributed by atoms with Gasteiger partial charge in [-0.15, -0.1) is 6.58 Å². The molecule has 0 atom stereocenters. The van der Waals surface area contributed by atoms with E-state index in [1.54, 1.807) is 23.1 Å². The summed E-state index contributed by atoms with van der Waals surface area (Å²) in [5.74, 6) is 1.13. The first-order valence-electron chi connectivity index (χ1n) is 9.58. The quantitative estimate of drug-likeness (QED) is 0.466. The van der Waals surface area contributed by atoms with Crippen molar-refractivity contribution in [2.24, 2.45) is 0 Å². The molecule has 0 spiro atoms. The molecule has 0 N–H and O–H groups in total. The van der Waals surface area contributed by atoms with Crippen LogP contribution in [0.15, 0.2) is 85.5 Å². The van der Waals surface area contributed by atoms with Crippen LogP contribution in [0.3, 0.4) is 0 Å². The van der Waals surface area contributed by atoms with Crippen LogP contribution in [-0.2, 0) is 6.61 Å². The summed E-state index contributed by atoms with van der Waals surface area (Å²) >= 11 is 0. The number of nitrogens with zero attached hydrogens (tertiary/aromatic N) is 1. The van der Waals surface area contributed by atoms with E-state index in [-0.39, 0.29) is 5.91 Å². The Labute approximate surface area is 177 Å². The molecule has 0 aliphatic heterocycles. The molecule has 0 saturated carbocycles. The number of rotatable bonds is 9. The van der Waals surface area contributed by atoms with Crippen LogP contribution in [0.2, 0.25) is 0 Å². The zero-order chi connectivity index (χ0) is 21.3. The zero-order valence-corrected chi connectivity index (χ0v) is 17.2. The Hall–Kier alpha value is -3.73. The van der Waals surface area contributed by atoms with E-state index in [0.717, 1.165) is 11.3 Å². The van der Waals surface area contributed by atoms with Crippen molar-refractivity contribution in [3.05, 3.63) is 96.6 Å². The lowest BCUT2D eigenvalue weighted by Gasteiger charge is -2.23. The summed E-state index contributed by atoms with van der Waals surface area (Å²) in [6.45, 7) is 4.50. The normalized spacial score (nSPS) is 10.2. The van der Waals surface area contributed by atoms with Crippen LogP contribution in [0.5, 0.6) is 17.2 Å². The SMILES string of the molecule is C=CCN(C(=O)c1cc(OC)c(OCc2ccccc2)c(OC)c1)c1ccccc1. The molecule has 3 rings (SSSR count). The first kappa shape index (κ1) is 21.0. The number of carbonyl (C=O) groups excluding carboxylic acids is 1. The van der Waals surface area contributed by atoms with Crippen LogP contribution in [-0.4, -0.2) is 26.7 Å². The lowest BCUT2D eigenvalue weighted by molar-refractivity contribution is 0.0989. The number of para-hydroxylation sites is 1. The Morgan fingerprint density at radius 1 is 0.933 bits per heavy atom. The second kappa shape index (κ2) is 10.2. The van der Waals surface area contributed by atoms with Crippen molar-refractivity contribution < 1.29 is 19.0 Å². The largest absolute Gasteiger partial charge is 0.493 e. The van der Waals surface area contributed by atoms with Gasteiger partial charge >= 0.3 is 0 Å². The predicted octanol–water partition coefficient (Wildman–Crippen LogP) is 5.12. The van der Waals surface area contributed by atoms with Crippen molar-refractivity contribution in [2.45, 2.75) is 6.61 Å². The first-order chi connectivity index (χ1) is 14.7. The number of hydrogen-bond donors (Lipinski definition) is 0. The smallest absolute Gasteiger partial charge is 0.258 e. The molecule has 0 aromatic heterocycles. The average Bonchev–Trinajstić information content (AvgIpc) is 2.81. The molecule has 0 aliphatic carbocycles. The molecule has 1 amide bonds. The van der Waals surface area contributed by atoms with Gasteiger partial charge < -0.3 is 19.1 Å². The number of carbonyl (C=O) groups is 1. The highest BCUT2D eigenvalue weighted by atomic mass is 16.5. The zero-order valence-electron chi connectivity index (χ0n) is 17.2. The van der Waals surface area contributed by atoms with Gasteiger partial charge in [-0.05, 0) is 29.8 Å². The minimum absolute atomic E-state index is 0.188. The number of methoxy groups -OCH3 is 2. The third-order valence-electron chi connectivity index (χ3n) is 4.56. The van der Waals surface area contributed by atoms with Gasteiger partial charge in [0.2, 0.25) is 5.75 Å². The minimum atomic E-state index is -0.188. The van der Waals surface area contributed by atoms with Crippen LogP contribution in [0, 0.1) is 0 Å². The molecular weight excluding hydrogens is 378 g/mol. The number of anilines is 1. The van der Waals surface area contributed by atoms with E-state index >= 15 is 0 Å². The Bertz CT molecular complexity index is 962. The van der Waals surface area contributed by atoms with Gasteiger partial charge in [-0.3, -0.25) is 4.79 Å². The van der Waals surface area contributed by atoms with E-state index in [2.05, 4.69) is 6.58 Å². The second-order valence-electron chi connectivity index (χ2n) is 6.52. The third kappa shape index (κ3) is 4.81. The average molecular weight is 403 g/mol. The monoisotopic (exact) mass is 403 g/mol. The van der Waals surface area contributed by atoms with Crippen LogP contribution in [0.1, 0.15) is 15.9 Å². The fourth-order valence-electron chi connectivity index (χ4n) is 3.07. The molecule has 5 nitrogen and oxygen atoms in total. The van der Waals surface area contributed by atoms with Gasteiger partial charge in [0, 0.05) is 17.8 Å². The van der Waals surface area contributed by atoms with Gasteiger partial charge in [0.25, 0.3) is 5.91 Å². The van der Waals surface area contributed by atoms with Crippen molar-refractivity contribution in [1.29, 1.82) is 0 Å². The van der Waals surface area contributed by atoms with Crippen molar-refractivity contribution in [3.63, 3.8) is 0 Å². The van der Waals surface area contributed by atoms with Gasteiger partial charge in [0.15, 0.2) is 11.5 Å². The number of hydrogen-bond acceptors (Lipinski definition) is 4. The highest BCUT2D eigenvalue weighted by Gasteiger charge is 2.22. The van der Waals surface area contributed by atoms with Crippen LogP contribution in [0.25, 0.3) is 0 Å². The standard InChI is InChI=1S/C25H25NO4/c1-4-15-26(21-13-9-6-10-14-21)25(27)20-16-22(28-2)24(23(17-20)29-3)30-18-19-11-7-5-8-12-19/h4-14,16-17H,1,15,18H2,2-3H3. The Morgan fingerprint density at radius 2 is 1.50 bits per heavy atom. The molecule has 3 aromatic rings. The summed E-state index contributed by atoms with van der Waals surface area (Å²) in [7, 11) is 3.08.